The zero-order valence-electron chi connectivity index (χ0n) is 9.79. The van der Waals surface area contributed by atoms with Crippen molar-refractivity contribution >= 4 is 5.69 Å². The minimum absolute atomic E-state index is 0.0616. The number of rotatable bonds is 3. The van der Waals surface area contributed by atoms with Crippen LogP contribution in [0.1, 0.15) is 37.3 Å². The Morgan fingerprint density at radius 3 is 2.94 bits per heavy atom. The van der Waals surface area contributed by atoms with Crippen LogP contribution in [0.2, 0.25) is 0 Å². The summed E-state index contributed by atoms with van der Waals surface area (Å²) < 4.78 is 0. The largest absolute Gasteiger partial charge is 0.370 e. The second-order valence-electron chi connectivity index (χ2n) is 4.38. The number of aryl methyl sites for hydroxylation is 1. The molecule has 0 aliphatic heterocycles. The lowest BCUT2D eigenvalue weighted by Gasteiger charge is -2.21. The minimum Gasteiger partial charge on any atom is -0.370 e. The second-order valence-corrected chi connectivity index (χ2v) is 4.38. The van der Waals surface area contributed by atoms with Crippen molar-refractivity contribution in [3.63, 3.8) is 0 Å². The summed E-state index contributed by atoms with van der Waals surface area (Å²) in [5.41, 5.74) is 4.07. The number of hydrogen-bond acceptors (Lipinski definition) is 2. The van der Waals surface area contributed by atoms with Gasteiger partial charge in [-0.25, -0.2) is 0 Å². The number of nitrogens with one attached hydrogen (secondary N) is 1. The van der Waals surface area contributed by atoms with Crippen molar-refractivity contribution in [2.24, 2.45) is 0 Å². The molecule has 2 heteroatoms. The third-order valence-electron chi connectivity index (χ3n) is 3.29. The first-order chi connectivity index (χ1) is 7.85. The summed E-state index contributed by atoms with van der Waals surface area (Å²) in [7, 11) is 0. The van der Waals surface area contributed by atoms with E-state index < -0.39 is 0 Å². The van der Waals surface area contributed by atoms with Gasteiger partial charge >= 0.3 is 0 Å². The van der Waals surface area contributed by atoms with Gasteiger partial charge in [0.2, 0.25) is 0 Å². The summed E-state index contributed by atoms with van der Waals surface area (Å²) in [6.45, 7) is 2.04. The Morgan fingerprint density at radius 1 is 1.38 bits per heavy atom. The van der Waals surface area contributed by atoms with Crippen molar-refractivity contribution in [1.29, 1.82) is 5.26 Å². The molecule has 0 heterocycles. The molecule has 1 unspecified atom stereocenters. The highest BCUT2D eigenvalue weighted by atomic mass is 14.9. The van der Waals surface area contributed by atoms with Gasteiger partial charge in [-0.3, -0.25) is 0 Å². The van der Waals surface area contributed by atoms with Gasteiger partial charge in [-0.15, -0.1) is 0 Å². The van der Waals surface area contributed by atoms with Gasteiger partial charge in [0.05, 0.1) is 6.07 Å². The van der Waals surface area contributed by atoms with E-state index >= 15 is 0 Å². The molecular weight excluding hydrogens is 196 g/mol. The van der Waals surface area contributed by atoms with Crippen molar-refractivity contribution in [2.75, 3.05) is 5.32 Å². The molecule has 1 aromatic rings. The molecule has 2 rings (SSSR count). The molecule has 1 aromatic carbocycles. The van der Waals surface area contributed by atoms with Gasteiger partial charge in [-0.2, -0.15) is 5.26 Å². The van der Waals surface area contributed by atoms with Crippen LogP contribution in [0.15, 0.2) is 18.2 Å². The van der Waals surface area contributed by atoms with Crippen LogP contribution >= 0.6 is 0 Å². The maximum Gasteiger partial charge on any atom is 0.114 e. The standard InChI is InChI=1S/C14H18N2/c1-2-12(10-15)16-14-9-5-7-11-6-3-4-8-13(11)14/h5,7,9,12,16H,2-4,6,8H2,1H3. The van der Waals surface area contributed by atoms with Gasteiger partial charge in [0.25, 0.3) is 0 Å². The lowest BCUT2D eigenvalue weighted by Crippen LogP contribution is -2.18. The number of fused-ring (bicyclic) bond motifs is 1. The number of anilines is 1. The first kappa shape index (κ1) is 11.0. The average molecular weight is 214 g/mol. The molecule has 1 atom stereocenters. The SMILES string of the molecule is CCC(C#N)Nc1cccc2c1CCCC2. The molecule has 0 saturated heterocycles. The Bertz CT molecular complexity index is 404. The maximum atomic E-state index is 8.98. The Kier molecular flexibility index (Phi) is 3.46. The van der Waals surface area contributed by atoms with Crippen LogP contribution in [0.25, 0.3) is 0 Å². The van der Waals surface area contributed by atoms with Crippen LogP contribution in [-0.4, -0.2) is 6.04 Å². The van der Waals surface area contributed by atoms with Crippen molar-refractivity contribution in [1.82, 2.24) is 0 Å². The molecular formula is C14H18N2. The van der Waals surface area contributed by atoms with Gasteiger partial charge in [-0.1, -0.05) is 19.1 Å². The van der Waals surface area contributed by atoms with Crippen molar-refractivity contribution in [3.05, 3.63) is 29.3 Å². The van der Waals surface area contributed by atoms with Crippen molar-refractivity contribution in [3.8, 4) is 6.07 Å². The van der Waals surface area contributed by atoms with Crippen LogP contribution in [-0.2, 0) is 12.8 Å². The fourth-order valence-corrected chi connectivity index (χ4v) is 2.33. The van der Waals surface area contributed by atoms with E-state index in [9.17, 15) is 0 Å². The summed E-state index contributed by atoms with van der Waals surface area (Å²) in [6.07, 6.45) is 5.76. The van der Waals surface area contributed by atoms with E-state index in [1.165, 1.54) is 36.1 Å². The van der Waals surface area contributed by atoms with Gasteiger partial charge in [0, 0.05) is 5.69 Å². The molecule has 2 nitrogen and oxygen atoms in total. The Hall–Kier alpha value is -1.49. The Balaban J connectivity index is 2.24. The third-order valence-corrected chi connectivity index (χ3v) is 3.29. The molecule has 0 saturated carbocycles. The normalized spacial score (nSPS) is 16.0. The van der Waals surface area contributed by atoms with E-state index in [1.807, 2.05) is 6.92 Å². The molecule has 0 bridgehead atoms. The molecule has 1 aliphatic carbocycles. The minimum atomic E-state index is -0.0616. The average Bonchev–Trinajstić information content (AvgIpc) is 2.36. The number of hydrogen-bond donors (Lipinski definition) is 1. The fourth-order valence-electron chi connectivity index (χ4n) is 2.33. The van der Waals surface area contributed by atoms with E-state index in [1.54, 1.807) is 0 Å². The number of nitrogens with zero attached hydrogens (tertiary/aromatic N) is 1. The van der Waals surface area contributed by atoms with Crippen LogP contribution in [0, 0.1) is 11.3 Å². The lowest BCUT2D eigenvalue weighted by atomic mass is 9.90. The Labute approximate surface area is 97.3 Å². The maximum absolute atomic E-state index is 8.98. The molecule has 0 aromatic heterocycles. The number of benzene rings is 1. The quantitative estimate of drug-likeness (QED) is 0.838. The number of nitriles is 1. The molecule has 1 aliphatic rings. The first-order valence-corrected chi connectivity index (χ1v) is 6.12. The summed E-state index contributed by atoms with van der Waals surface area (Å²) in [4.78, 5) is 0. The van der Waals surface area contributed by atoms with Crippen LogP contribution in [0.5, 0.6) is 0 Å². The predicted molar refractivity (Wildman–Crippen MR) is 66.4 cm³/mol. The molecule has 84 valence electrons. The molecule has 0 spiro atoms. The predicted octanol–water partition coefficient (Wildman–Crippen LogP) is 3.28. The fraction of sp³-hybridized carbons (Fsp3) is 0.500. The lowest BCUT2D eigenvalue weighted by molar-refractivity contribution is 0.685. The van der Waals surface area contributed by atoms with E-state index in [0.29, 0.717) is 0 Å². The van der Waals surface area contributed by atoms with Gasteiger partial charge < -0.3 is 5.32 Å². The van der Waals surface area contributed by atoms with Gasteiger partial charge in [0.1, 0.15) is 6.04 Å². The van der Waals surface area contributed by atoms with Crippen LogP contribution < -0.4 is 5.32 Å². The van der Waals surface area contributed by atoms with Gasteiger partial charge in [-0.05, 0) is 49.3 Å². The molecule has 0 radical (unpaired) electrons. The monoisotopic (exact) mass is 214 g/mol. The molecule has 0 fully saturated rings. The van der Waals surface area contributed by atoms with Crippen molar-refractivity contribution in [2.45, 2.75) is 45.1 Å². The summed E-state index contributed by atoms with van der Waals surface area (Å²) >= 11 is 0. The van der Waals surface area contributed by atoms with E-state index in [2.05, 4.69) is 29.6 Å². The van der Waals surface area contributed by atoms with E-state index in [4.69, 9.17) is 5.26 Å². The summed E-state index contributed by atoms with van der Waals surface area (Å²) in [5, 5.41) is 12.3. The zero-order chi connectivity index (χ0) is 11.4. The molecule has 1 N–H and O–H groups in total. The molecule has 0 amide bonds. The second kappa shape index (κ2) is 5.03. The summed E-state index contributed by atoms with van der Waals surface area (Å²) in [5.74, 6) is 0. The first-order valence-electron chi connectivity index (χ1n) is 6.12. The van der Waals surface area contributed by atoms with Crippen LogP contribution in [0.4, 0.5) is 5.69 Å². The zero-order valence-corrected chi connectivity index (χ0v) is 9.79. The highest BCUT2D eigenvalue weighted by Gasteiger charge is 2.14. The Morgan fingerprint density at radius 2 is 2.19 bits per heavy atom. The highest BCUT2D eigenvalue weighted by molar-refractivity contribution is 5.56. The third kappa shape index (κ3) is 2.19. The van der Waals surface area contributed by atoms with E-state index in [0.717, 1.165) is 12.8 Å². The van der Waals surface area contributed by atoms with E-state index in [-0.39, 0.29) is 6.04 Å². The smallest absolute Gasteiger partial charge is 0.114 e. The highest BCUT2D eigenvalue weighted by Crippen LogP contribution is 2.28. The molecule has 16 heavy (non-hydrogen) atoms. The topological polar surface area (TPSA) is 35.8 Å². The summed E-state index contributed by atoms with van der Waals surface area (Å²) in [6, 6.07) is 8.64. The van der Waals surface area contributed by atoms with Gasteiger partial charge in [0.15, 0.2) is 0 Å². The van der Waals surface area contributed by atoms with Crippen LogP contribution in [0.3, 0.4) is 0 Å². The van der Waals surface area contributed by atoms with Crippen molar-refractivity contribution < 1.29 is 0 Å².